The summed E-state index contributed by atoms with van der Waals surface area (Å²) in [5.74, 6) is 0.0130. The molecule has 0 spiro atoms. The van der Waals surface area contributed by atoms with Gasteiger partial charge in [-0.15, -0.1) is 0 Å². The van der Waals surface area contributed by atoms with Gasteiger partial charge in [-0.3, -0.25) is 4.79 Å². The second kappa shape index (κ2) is 6.22. The number of aliphatic hydroxyl groups excluding tert-OH is 1. The second-order valence-electron chi connectivity index (χ2n) is 5.27. The molecule has 2 rings (SSSR count). The Morgan fingerprint density at radius 3 is 2.74 bits per heavy atom. The van der Waals surface area contributed by atoms with E-state index < -0.39 is 0 Å². The molecule has 1 N–H and O–H groups in total. The lowest BCUT2D eigenvalue weighted by atomic mass is 9.91. The van der Waals surface area contributed by atoms with Gasteiger partial charge in [0, 0.05) is 10.6 Å². The monoisotopic (exact) mass is 373 g/mol. The summed E-state index contributed by atoms with van der Waals surface area (Å²) in [7, 11) is 1.81. The number of benzene rings is 1. The van der Waals surface area contributed by atoms with Gasteiger partial charge in [0.25, 0.3) is 5.91 Å². The van der Waals surface area contributed by atoms with Crippen molar-refractivity contribution in [3.8, 4) is 0 Å². The molecule has 0 aromatic heterocycles. The molecule has 1 aromatic carbocycles. The first kappa shape index (κ1) is 14.8. The number of hydrogen-bond acceptors (Lipinski definition) is 2. The summed E-state index contributed by atoms with van der Waals surface area (Å²) in [5, 5.41) is 10.1. The minimum absolute atomic E-state index is 0.0130. The fourth-order valence-corrected chi connectivity index (χ4v) is 3.29. The predicted molar refractivity (Wildman–Crippen MR) is 84.3 cm³/mol. The largest absolute Gasteiger partial charge is 0.391 e. The zero-order valence-electron chi connectivity index (χ0n) is 11.4. The molecule has 1 amide bonds. The van der Waals surface area contributed by atoms with Crippen molar-refractivity contribution >= 4 is 28.5 Å². The average molecular weight is 373 g/mol. The van der Waals surface area contributed by atoms with Crippen LogP contribution >= 0.6 is 22.6 Å². The van der Waals surface area contributed by atoms with Crippen LogP contribution in [0.5, 0.6) is 0 Å². The molecule has 2 atom stereocenters. The normalized spacial score (nSPS) is 23.2. The second-order valence-corrected chi connectivity index (χ2v) is 6.35. The number of hydrogen-bond donors (Lipinski definition) is 1. The number of amides is 1. The predicted octanol–water partition coefficient (Wildman–Crippen LogP) is 2.98. The van der Waals surface area contributed by atoms with E-state index in [1.165, 1.54) is 0 Å². The van der Waals surface area contributed by atoms with Crippen molar-refractivity contribution in [2.24, 2.45) is 0 Å². The van der Waals surface area contributed by atoms with Gasteiger partial charge < -0.3 is 10.0 Å². The maximum absolute atomic E-state index is 12.6. The number of carbonyl (C=O) groups is 1. The van der Waals surface area contributed by atoms with E-state index >= 15 is 0 Å². The van der Waals surface area contributed by atoms with E-state index in [2.05, 4.69) is 22.6 Å². The van der Waals surface area contributed by atoms with Gasteiger partial charge in [-0.2, -0.15) is 0 Å². The van der Waals surface area contributed by atoms with E-state index in [9.17, 15) is 9.90 Å². The molecule has 0 bridgehead atoms. The number of halogens is 1. The highest BCUT2D eigenvalue weighted by Gasteiger charge is 2.30. The lowest BCUT2D eigenvalue weighted by Crippen LogP contribution is -2.46. The van der Waals surface area contributed by atoms with Crippen LogP contribution in [0.4, 0.5) is 0 Å². The highest BCUT2D eigenvalue weighted by atomic mass is 127. The van der Waals surface area contributed by atoms with Crippen molar-refractivity contribution in [1.29, 1.82) is 0 Å². The number of rotatable bonds is 2. The van der Waals surface area contributed by atoms with Crippen molar-refractivity contribution in [3.63, 3.8) is 0 Å². The topological polar surface area (TPSA) is 40.5 Å². The maximum atomic E-state index is 12.6. The summed E-state index contributed by atoms with van der Waals surface area (Å²) in [6.07, 6.45) is 3.45. The Morgan fingerprint density at radius 1 is 1.37 bits per heavy atom. The molecule has 3 nitrogen and oxygen atoms in total. The Bertz CT molecular complexity index is 475. The molecule has 1 aliphatic rings. The van der Waals surface area contributed by atoms with Gasteiger partial charge in [-0.25, -0.2) is 0 Å². The smallest absolute Gasteiger partial charge is 0.255 e. The fraction of sp³-hybridized carbons (Fsp3) is 0.533. The van der Waals surface area contributed by atoms with E-state index in [1.807, 2.05) is 25.1 Å². The zero-order valence-corrected chi connectivity index (χ0v) is 13.6. The summed E-state index contributed by atoms with van der Waals surface area (Å²) >= 11 is 2.22. The van der Waals surface area contributed by atoms with Gasteiger partial charge in [-0.1, -0.05) is 25.0 Å². The molecule has 2 unspecified atom stereocenters. The van der Waals surface area contributed by atoms with Crippen LogP contribution in [0.1, 0.15) is 41.6 Å². The summed E-state index contributed by atoms with van der Waals surface area (Å²) in [6.45, 7) is 2.01. The molecule has 4 heteroatoms. The van der Waals surface area contributed by atoms with Gasteiger partial charge >= 0.3 is 0 Å². The summed E-state index contributed by atoms with van der Waals surface area (Å²) in [4.78, 5) is 14.3. The van der Waals surface area contributed by atoms with Crippen LogP contribution in [0.15, 0.2) is 18.2 Å². The Labute approximate surface area is 128 Å². The van der Waals surface area contributed by atoms with Crippen LogP contribution in [0.3, 0.4) is 0 Å². The van der Waals surface area contributed by atoms with E-state index in [1.54, 1.807) is 11.9 Å². The first-order valence-corrected chi connectivity index (χ1v) is 7.80. The molecule has 0 heterocycles. The van der Waals surface area contributed by atoms with E-state index in [0.29, 0.717) is 0 Å². The van der Waals surface area contributed by atoms with Crippen LogP contribution in [-0.2, 0) is 0 Å². The van der Waals surface area contributed by atoms with E-state index in [4.69, 9.17) is 0 Å². The van der Waals surface area contributed by atoms with Crippen molar-refractivity contribution in [2.75, 3.05) is 7.05 Å². The number of nitrogens with zero attached hydrogens (tertiary/aromatic N) is 1. The first-order valence-electron chi connectivity index (χ1n) is 6.72. The van der Waals surface area contributed by atoms with Gasteiger partial charge in [0.1, 0.15) is 0 Å². The Morgan fingerprint density at radius 2 is 2.05 bits per heavy atom. The third-order valence-electron chi connectivity index (χ3n) is 3.93. The number of aliphatic hydroxyl groups is 1. The quantitative estimate of drug-likeness (QED) is 0.810. The van der Waals surface area contributed by atoms with Crippen molar-refractivity contribution < 1.29 is 9.90 Å². The van der Waals surface area contributed by atoms with E-state index in [-0.39, 0.29) is 18.1 Å². The Kier molecular flexibility index (Phi) is 4.84. The van der Waals surface area contributed by atoms with Crippen molar-refractivity contribution in [1.82, 2.24) is 4.90 Å². The molecule has 1 aromatic rings. The molecule has 0 radical (unpaired) electrons. The number of likely N-dealkylation sites (N-methyl/N-ethyl adjacent to an activating group) is 1. The lowest BCUT2D eigenvalue weighted by Gasteiger charge is -2.35. The number of carbonyl (C=O) groups excluding carboxylic acids is 1. The van der Waals surface area contributed by atoms with Crippen LogP contribution in [0, 0.1) is 10.5 Å². The highest BCUT2D eigenvalue weighted by molar-refractivity contribution is 14.1. The third kappa shape index (κ3) is 3.11. The SMILES string of the molecule is Cc1cccc(C(=O)N(C)C2CCCCC2O)c1I. The van der Waals surface area contributed by atoms with Crippen LogP contribution in [0.2, 0.25) is 0 Å². The zero-order chi connectivity index (χ0) is 14.0. The van der Waals surface area contributed by atoms with Crippen LogP contribution in [-0.4, -0.2) is 35.1 Å². The summed E-state index contributed by atoms with van der Waals surface area (Å²) < 4.78 is 1.00. The minimum Gasteiger partial charge on any atom is -0.391 e. The average Bonchev–Trinajstić information content (AvgIpc) is 2.41. The number of aryl methyl sites for hydroxylation is 1. The lowest BCUT2D eigenvalue weighted by molar-refractivity contribution is 0.0267. The summed E-state index contributed by atoms with van der Waals surface area (Å²) in [5.41, 5.74) is 1.85. The molecule has 19 heavy (non-hydrogen) atoms. The van der Waals surface area contributed by atoms with Gasteiger partial charge in [0.2, 0.25) is 0 Å². The first-order chi connectivity index (χ1) is 9.02. The Balaban J connectivity index is 2.21. The molecule has 0 saturated heterocycles. The highest BCUT2D eigenvalue weighted by Crippen LogP contribution is 2.25. The molecule has 0 aliphatic heterocycles. The van der Waals surface area contributed by atoms with Crippen LogP contribution in [0.25, 0.3) is 0 Å². The maximum Gasteiger partial charge on any atom is 0.255 e. The van der Waals surface area contributed by atoms with E-state index in [0.717, 1.165) is 40.4 Å². The molecule has 104 valence electrons. The fourth-order valence-electron chi connectivity index (χ4n) is 2.70. The molecule has 1 fully saturated rings. The van der Waals surface area contributed by atoms with Crippen LogP contribution < -0.4 is 0 Å². The van der Waals surface area contributed by atoms with Gasteiger partial charge in [0.15, 0.2) is 0 Å². The minimum atomic E-state index is -0.384. The summed E-state index contributed by atoms with van der Waals surface area (Å²) in [6, 6.07) is 5.74. The Hall–Kier alpha value is -0.620. The van der Waals surface area contributed by atoms with Crippen molar-refractivity contribution in [2.45, 2.75) is 44.8 Å². The van der Waals surface area contributed by atoms with Gasteiger partial charge in [-0.05, 0) is 54.0 Å². The standard InChI is InChI=1S/C15H20INO2/c1-10-6-5-7-11(14(10)16)15(19)17(2)12-8-3-4-9-13(12)18/h5-7,12-13,18H,3-4,8-9H2,1-2H3. The van der Waals surface area contributed by atoms with Gasteiger partial charge in [0.05, 0.1) is 17.7 Å². The molecule has 1 saturated carbocycles. The molecular formula is C15H20INO2. The third-order valence-corrected chi connectivity index (χ3v) is 5.37. The molecule has 1 aliphatic carbocycles. The van der Waals surface area contributed by atoms with Crippen molar-refractivity contribution in [3.05, 3.63) is 32.9 Å². The molecular weight excluding hydrogens is 353 g/mol.